The highest BCUT2D eigenvalue weighted by Crippen LogP contribution is 2.23. The van der Waals surface area contributed by atoms with Crippen molar-refractivity contribution in [1.82, 2.24) is 5.32 Å². The number of carbonyl (C=O) groups is 1. The Hall–Kier alpha value is -2.29. The Morgan fingerprint density at radius 1 is 1.10 bits per heavy atom. The summed E-state index contributed by atoms with van der Waals surface area (Å²) in [6.45, 7) is 5.95. The van der Waals surface area contributed by atoms with E-state index in [1.807, 2.05) is 69.3 Å². The molecule has 21 heavy (non-hydrogen) atoms. The van der Waals surface area contributed by atoms with E-state index in [0.717, 1.165) is 16.9 Å². The number of aryl methyl sites for hydroxylation is 1. The van der Waals surface area contributed by atoms with Crippen molar-refractivity contribution in [3.05, 3.63) is 65.2 Å². The Balaban J connectivity index is 2.17. The molecule has 110 valence electrons. The zero-order valence-electron chi connectivity index (χ0n) is 12.9. The van der Waals surface area contributed by atoms with E-state index in [0.29, 0.717) is 5.56 Å². The molecule has 0 aliphatic carbocycles. The summed E-state index contributed by atoms with van der Waals surface area (Å²) in [6, 6.07) is 15.3. The SMILES string of the molecule is COc1ccc(C(C)(C)NC(=O)c2cccc(C)c2)cc1. The molecule has 3 heteroatoms. The van der Waals surface area contributed by atoms with Crippen molar-refractivity contribution in [3.8, 4) is 5.75 Å². The molecular formula is C18H21NO2. The maximum Gasteiger partial charge on any atom is 0.251 e. The lowest BCUT2D eigenvalue weighted by atomic mass is 9.93. The van der Waals surface area contributed by atoms with E-state index in [4.69, 9.17) is 4.74 Å². The molecule has 0 aliphatic rings. The van der Waals surface area contributed by atoms with Gasteiger partial charge in [-0.2, -0.15) is 0 Å². The molecule has 0 heterocycles. The summed E-state index contributed by atoms with van der Waals surface area (Å²) in [7, 11) is 1.64. The first kappa shape index (κ1) is 15.1. The van der Waals surface area contributed by atoms with Crippen LogP contribution in [0.4, 0.5) is 0 Å². The van der Waals surface area contributed by atoms with Crippen molar-refractivity contribution in [2.75, 3.05) is 7.11 Å². The molecule has 0 aliphatic heterocycles. The largest absolute Gasteiger partial charge is 0.497 e. The van der Waals surface area contributed by atoms with Gasteiger partial charge in [-0.25, -0.2) is 0 Å². The molecule has 0 bridgehead atoms. The first-order chi connectivity index (χ1) is 9.92. The van der Waals surface area contributed by atoms with Crippen molar-refractivity contribution in [2.24, 2.45) is 0 Å². The molecule has 1 N–H and O–H groups in total. The number of ether oxygens (including phenoxy) is 1. The van der Waals surface area contributed by atoms with E-state index in [-0.39, 0.29) is 5.91 Å². The smallest absolute Gasteiger partial charge is 0.251 e. The van der Waals surface area contributed by atoms with Gasteiger partial charge in [0.1, 0.15) is 5.75 Å². The van der Waals surface area contributed by atoms with Crippen LogP contribution in [0.5, 0.6) is 5.75 Å². The molecule has 0 atom stereocenters. The highest BCUT2D eigenvalue weighted by Gasteiger charge is 2.23. The molecule has 0 radical (unpaired) electrons. The molecule has 2 rings (SSSR count). The molecule has 2 aromatic rings. The van der Waals surface area contributed by atoms with Gasteiger partial charge >= 0.3 is 0 Å². The van der Waals surface area contributed by atoms with Gasteiger partial charge in [0.15, 0.2) is 0 Å². The summed E-state index contributed by atoms with van der Waals surface area (Å²) in [5.41, 5.74) is 2.33. The van der Waals surface area contributed by atoms with Gasteiger partial charge in [0, 0.05) is 5.56 Å². The Kier molecular flexibility index (Phi) is 4.32. The standard InChI is InChI=1S/C18H21NO2/c1-13-6-5-7-14(12-13)17(20)19-18(2,3)15-8-10-16(21-4)11-9-15/h5-12H,1-4H3,(H,19,20). The monoisotopic (exact) mass is 283 g/mol. The lowest BCUT2D eigenvalue weighted by Gasteiger charge is -2.27. The van der Waals surface area contributed by atoms with Crippen LogP contribution in [0.3, 0.4) is 0 Å². The third-order valence-corrected chi connectivity index (χ3v) is 3.52. The summed E-state index contributed by atoms with van der Waals surface area (Å²) in [5.74, 6) is 0.735. The number of hydrogen-bond acceptors (Lipinski definition) is 2. The lowest BCUT2D eigenvalue weighted by molar-refractivity contribution is 0.0912. The lowest BCUT2D eigenvalue weighted by Crippen LogP contribution is -2.41. The summed E-state index contributed by atoms with van der Waals surface area (Å²) in [6.07, 6.45) is 0. The number of amides is 1. The van der Waals surface area contributed by atoms with Crippen LogP contribution < -0.4 is 10.1 Å². The van der Waals surface area contributed by atoms with Crippen LogP contribution in [0.15, 0.2) is 48.5 Å². The predicted octanol–water partition coefficient (Wildman–Crippen LogP) is 3.67. The fourth-order valence-electron chi connectivity index (χ4n) is 2.22. The summed E-state index contributed by atoms with van der Waals surface area (Å²) < 4.78 is 5.16. The number of rotatable bonds is 4. The normalized spacial score (nSPS) is 11.0. The van der Waals surface area contributed by atoms with Gasteiger partial charge in [-0.1, -0.05) is 29.8 Å². The zero-order valence-corrected chi connectivity index (χ0v) is 12.9. The third kappa shape index (κ3) is 3.63. The molecule has 0 saturated heterocycles. The topological polar surface area (TPSA) is 38.3 Å². The molecule has 1 amide bonds. The van der Waals surface area contributed by atoms with Gasteiger partial charge in [-0.3, -0.25) is 4.79 Å². The minimum Gasteiger partial charge on any atom is -0.497 e. The Bertz CT molecular complexity index is 630. The summed E-state index contributed by atoms with van der Waals surface area (Å²) >= 11 is 0. The summed E-state index contributed by atoms with van der Waals surface area (Å²) in [4.78, 5) is 12.4. The maximum atomic E-state index is 12.4. The van der Waals surface area contributed by atoms with Crippen LogP contribution in [-0.4, -0.2) is 13.0 Å². The van der Waals surface area contributed by atoms with E-state index in [9.17, 15) is 4.79 Å². The molecule has 3 nitrogen and oxygen atoms in total. The number of nitrogens with one attached hydrogen (secondary N) is 1. The number of carbonyl (C=O) groups excluding carboxylic acids is 1. The van der Waals surface area contributed by atoms with E-state index in [1.54, 1.807) is 7.11 Å². The zero-order chi connectivity index (χ0) is 15.5. The average Bonchev–Trinajstić information content (AvgIpc) is 2.47. The van der Waals surface area contributed by atoms with Gasteiger partial charge in [0.05, 0.1) is 12.6 Å². The van der Waals surface area contributed by atoms with Crippen LogP contribution in [0, 0.1) is 6.92 Å². The van der Waals surface area contributed by atoms with Gasteiger partial charge in [0.2, 0.25) is 0 Å². The highest BCUT2D eigenvalue weighted by atomic mass is 16.5. The van der Waals surface area contributed by atoms with Crippen LogP contribution in [-0.2, 0) is 5.54 Å². The van der Waals surface area contributed by atoms with Gasteiger partial charge in [-0.15, -0.1) is 0 Å². The van der Waals surface area contributed by atoms with Crippen LogP contribution in [0.1, 0.15) is 35.3 Å². The average molecular weight is 283 g/mol. The second-order valence-electron chi connectivity index (χ2n) is 5.68. The third-order valence-electron chi connectivity index (χ3n) is 3.52. The molecule has 0 fully saturated rings. The molecular weight excluding hydrogens is 262 g/mol. The quantitative estimate of drug-likeness (QED) is 0.929. The molecule has 0 saturated carbocycles. The van der Waals surface area contributed by atoms with Crippen LogP contribution >= 0.6 is 0 Å². The van der Waals surface area contributed by atoms with E-state index in [2.05, 4.69) is 5.32 Å². The Labute approximate surface area is 126 Å². The second kappa shape index (κ2) is 6.00. The fourth-order valence-corrected chi connectivity index (χ4v) is 2.22. The minimum atomic E-state index is -0.451. The van der Waals surface area contributed by atoms with Crippen molar-refractivity contribution in [3.63, 3.8) is 0 Å². The van der Waals surface area contributed by atoms with Gasteiger partial charge < -0.3 is 10.1 Å². The summed E-state index contributed by atoms with van der Waals surface area (Å²) in [5, 5.41) is 3.07. The van der Waals surface area contributed by atoms with Gasteiger partial charge in [-0.05, 0) is 50.6 Å². The Morgan fingerprint density at radius 3 is 2.33 bits per heavy atom. The Morgan fingerprint density at radius 2 is 1.76 bits per heavy atom. The number of methoxy groups -OCH3 is 1. The first-order valence-corrected chi connectivity index (χ1v) is 6.96. The van der Waals surface area contributed by atoms with E-state index < -0.39 is 5.54 Å². The molecule has 0 aromatic heterocycles. The maximum absolute atomic E-state index is 12.4. The number of hydrogen-bond donors (Lipinski definition) is 1. The molecule has 0 spiro atoms. The molecule has 0 unspecified atom stereocenters. The van der Waals surface area contributed by atoms with Crippen molar-refractivity contribution in [2.45, 2.75) is 26.3 Å². The van der Waals surface area contributed by atoms with E-state index in [1.165, 1.54) is 0 Å². The minimum absolute atomic E-state index is 0.0699. The highest BCUT2D eigenvalue weighted by molar-refractivity contribution is 5.94. The first-order valence-electron chi connectivity index (χ1n) is 6.96. The molecule has 2 aromatic carbocycles. The fraction of sp³-hybridized carbons (Fsp3) is 0.278. The second-order valence-corrected chi connectivity index (χ2v) is 5.68. The van der Waals surface area contributed by atoms with Crippen LogP contribution in [0.2, 0.25) is 0 Å². The van der Waals surface area contributed by atoms with Crippen molar-refractivity contribution in [1.29, 1.82) is 0 Å². The van der Waals surface area contributed by atoms with E-state index >= 15 is 0 Å². The predicted molar refractivity (Wildman–Crippen MR) is 84.7 cm³/mol. The van der Waals surface area contributed by atoms with Crippen molar-refractivity contribution < 1.29 is 9.53 Å². The number of benzene rings is 2. The van der Waals surface area contributed by atoms with Crippen LogP contribution in [0.25, 0.3) is 0 Å². The van der Waals surface area contributed by atoms with Gasteiger partial charge in [0.25, 0.3) is 5.91 Å². The van der Waals surface area contributed by atoms with Crippen molar-refractivity contribution >= 4 is 5.91 Å².